The fourth-order valence-corrected chi connectivity index (χ4v) is 3.16. The van der Waals surface area contributed by atoms with Gasteiger partial charge in [-0.3, -0.25) is 0 Å². The van der Waals surface area contributed by atoms with Gasteiger partial charge in [-0.25, -0.2) is 4.98 Å². The Morgan fingerprint density at radius 2 is 2.11 bits per heavy atom. The molecule has 0 aliphatic heterocycles. The second-order valence-corrected chi connectivity index (χ2v) is 6.27. The van der Waals surface area contributed by atoms with Crippen LogP contribution in [-0.4, -0.2) is 27.7 Å². The smallest absolute Gasteiger partial charge is 0.0958 e. The Morgan fingerprint density at radius 3 is 2.83 bits per heavy atom. The van der Waals surface area contributed by atoms with Gasteiger partial charge in [0, 0.05) is 23.1 Å². The molecule has 0 spiro atoms. The largest absolute Gasteiger partial charge is 0.392 e. The number of thioether (sulfide) groups is 1. The molecule has 1 atom stereocenters. The molecule has 1 aromatic carbocycles. The molecule has 0 saturated carbocycles. The van der Waals surface area contributed by atoms with E-state index in [2.05, 4.69) is 29.4 Å². The number of hydrogen-bond donors (Lipinski definition) is 1. The van der Waals surface area contributed by atoms with E-state index in [1.54, 1.807) is 23.1 Å². The fourth-order valence-electron chi connectivity index (χ4n) is 1.66. The van der Waals surface area contributed by atoms with Gasteiger partial charge >= 0.3 is 0 Å². The summed E-state index contributed by atoms with van der Waals surface area (Å²) in [6.07, 6.45) is 0.370. The summed E-state index contributed by atoms with van der Waals surface area (Å²) in [5, 5.41) is 12.9. The van der Waals surface area contributed by atoms with Gasteiger partial charge in [-0.1, -0.05) is 37.3 Å². The molecule has 0 amide bonds. The highest BCUT2D eigenvalue weighted by Gasteiger charge is 2.09. The number of hydrogen-bond acceptors (Lipinski definition) is 4. The van der Waals surface area contributed by atoms with E-state index in [9.17, 15) is 5.11 Å². The first-order chi connectivity index (χ1) is 8.79. The molecule has 0 aliphatic rings. The van der Waals surface area contributed by atoms with Gasteiger partial charge in [0.2, 0.25) is 0 Å². The SMILES string of the molecule is CCSCC(O)Cc1nc(-c2ccccc2)cs1. The maximum absolute atomic E-state index is 9.86. The molecule has 0 saturated heterocycles. The molecule has 1 unspecified atom stereocenters. The average molecular weight is 279 g/mol. The number of thiazole rings is 1. The van der Waals surface area contributed by atoms with E-state index < -0.39 is 0 Å². The van der Waals surface area contributed by atoms with Crippen molar-refractivity contribution >= 4 is 23.1 Å². The summed E-state index contributed by atoms with van der Waals surface area (Å²) in [5.74, 6) is 1.83. The molecule has 0 fully saturated rings. The van der Waals surface area contributed by atoms with Gasteiger partial charge in [0.15, 0.2) is 0 Å². The van der Waals surface area contributed by atoms with Crippen LogP contribution >= 0.6 is 23.1 Å². The van der Waals surface area contributed by atoms with Gasteiger partial charge in [0.25, 0.3) is 0 Å². The summed E-state index contributed by atoms with van der Waals surface area (Å²) in [5.41, 5.74) is 2.14. The lowest BCUT2D eigenvalue weighted by atomic mass is 10.2. The molecule has 18 heavy (non-hydrogen) atoms. The Balaban J connectivity index is 1.98. The lowest BCUT2D eigenvalue weighted by Gasteiger charge is -2.06. The van der Waals surface area contributed by atoms with Crippen molar-refractivity contribution in [3.8, 4) is 11.3 Å². The topological polar surface area (TPSA) is 33.1 Å². The van der Waals surface area contributed by atoms with Crippen molar-refractivity contribution in [3.05, 3.63) is 40.7 Å². The highest BCUT2D eigenvalue weighted by atomic mass is 32.2. The van der Waals surface area contributed by atoms with E-state index in [0.29, 0.717) is 6.42 Å². The molecule has 0 bridgehead atoms. The molecular formula is C14H17NOS2. The van der Waals surface area contributed by atoms with Crippen molar-refractivity contribution in [1.29, 1.82) is 0 Å². The van der Waals surface area contributed by atoms with E-state index in [-0.39, 0.29) is 6.10 Å². The highest BCUT2D eigenvalue weighted by molar-refractivity contribution is 7.99. The Labute approximate surface area is 116 Å². The standard InChI is InChI=1S/C14H17NOS2/c1-2-17-9-12(16)8-14-15-13(10-18-14)11-6-4-3-5-7-11/h3-7,10,12,16H,2,8-9H2,1H3. The Kier molecular flexibility index (Phi) is 5.23. The van der Waals surface area contributed by atoms with Crippen molar-refractivity contribution in [3.63, 3.8) is 0 Å². The quantitative estimate of drug-likeness (QED) is 0.879. The molecule has 1 N–H and O–H groups in total. The highest BCUT2D eigenvalue weighted by Crippen LogP contribution is 2.22. The number of aliphatic hydroxyl groups is 1. The summed E-state index contributed by atoms with van der Waals surface area (Å²) in [6.45, 7) is 2.11. The third-order valence-corrected chi connectivity index (χ3v) is 4.45. The molecule has 96 valence electrons. The number of benzene rings is 1. The summed E-state index contributed by atoms with van der Waals surface area (Å²) < 4.78 is 0. The van der Waals surface area contributed by atoms with Crippen LogP contribution in [0.1, 0.15) is 11.9 Å². The van der Waals surface area contributed by atoms with Crippen LogP contribution in [0.25, 0.3) is 11.3 Å². The number of nitrogens with zero attached hydrogens (tertiary/aromatic N) is 1. The van der Waals surface area contributed by atoms with E-state index in [4.69, 9.17) is 0 Å². The predicted molar refractivity (Wildman–Crippen MR) is 80.3 cm³/mol. The molecule has 2 rings (SSSR count). The monoisotopic (exact) mass is 279 g/mol. The van der Waals surface area contributed by atoms with Crippen molar-refractivity contribution in [2.75, 3.05) is 11.5 Å². The molecule has 2 aromatic rings. The molecule has 0 aliphatic carbocycles. The van der Waals surface area contributed by atoms with Gasteiger partial charge in [-0.05, 0) is 5.75 Å². The van der Waals surface area contributed by atoms with Gasteiger partial charge in [-0.15, -0.1) is 11.3 Å². The minimum absolute atomic E-state index is 0.287. The predicted octanol–water partition coefficient (Wildman–Crippen LogP) is 3.47. The maximum atomic E-state index is 9.86. The lowest BCUT2D eigenvalue weighted by Crippen LogP contribution is -2.13. The third-order valence-electron chi connectivity index (χ3n) is 2.55. The average Bonchev–Trinajstić information content (AvgIpc) is 2.86. The van der Waals surface area contributed by atoms with Crippen molar-refractivity contribution < 1.29 is 5.11 Å². The summed E-state index contributed by atoms with van der Waals surface area (Å²) in [4.78, 5) is 4.58. The van der Waals surface area contributed by atoms with Crippen LogP contribution in [0.2, 0.25) is 0 Å². The van der Waals surface area contributed by atoms with E-state index in [1.165, 1.54) is 0 Å². The number of rotatable bonds is 6. The van der Waals surface area contributed by atoms with Crippen molar-refractivity contribution in [1.82, 2.24) is 4.98 Å². The molecule has 1 heterocycles. The maximum Gasteiger partial charge on any atom is 0.0958 e. The van der Waals surface area contributed by atoms with Gasteiger partial charge < -0.3 is 5.11 Å². The van der Waals surface area contributed by atoms with Gasteiger partial charge in [0.05, 0.1) is 16.8 Å². The summed E-state index contributed by atoms with van der Waals surface area (Å²) in [6, 6.07) is 10.1. The molecule has 0 radical (unpaired) electrons. The second-order valence-electron chi connectivity index (χ2n) is 4.01. The lowest BCUT2D eigenvalue weighted by molar-refractivity contribution is 0.200. The van der Waals surface area contributed by atoms with Crippen LogP contribution in [0.15, 0.2) is 35.7 Å². The van der Waals surface area contributed by atoms with E-state index in [0.717, 1.165) is 27.8 Å². The van der Waals surface area contributed by atoms with Gasteiger partial charge in [0.1, 0.15) is 0 Å². The Bertz CT molecular complexity index is 470. The van der Waals surface area contributed by atoms with Crippen LogP contribution in [0.3, 0.4) is 0 Å². The first-order valence-corrected chi connectivity index (χ1v) is 8.08. The van der Waals surface area contributed by atoms with Crippen LogP contribution in [0, 0.1) is 0 Å². The minimum atomic E-state index is -0.287. The number of aliphatic hydroxyl groups excluding tert-OH is 1. The zero-order valence-corrected chi connectivity index (χ0v) is 12.0. The second kappa shape index (κ2) is 6.92. The van der Waals surface area contributed by atoms with Crippen molar-refractivity contribution in [2.24, 2.45) is 0 Å². The summed E-state index contributed by atoms with van der Waals surface area (Å²) in [7, 11) is 0. The third kappa shape index (κ3) is 3.83. The first-order valence-electron chi connectivity index (χ1n) is 6.05. The summed E-state index contributed by atoms with van der Waals surface area (Å²) >= 11 is 3.39. The first kappa shape index (κ1) is 13.6. The fraction of sp³-hybridized carbons (Fsp3) is 0.357. The Morgan fingerprint density at radius 1 is 1.33 bits per heavy atom. The minimum Gasteiger partial charge on any atom is -0.392 e. The van der Waals surface area contributed by atoms with Crippen LogP contribution in [0.5, 0.6) is 0 Å². The molecular weight excluding hydrogens is 262 g/mol. The molecule has 4 heteroatoms. The van der Waals surface area contributed by atoms with Crippen LogP contribution in [0.4, 0.5) is 0 Å². The Hall–Kier alpha value is -0.840. The van der Waals surface area contributed by atoms with E-state index in [1.807, 2.05) is 18.2 Å². The zero-order chi connectivity index (χ0) is 12.8. The van der Waals surface area contributed by atoms with E-state index >= 15 is 0 Å². The zero-order valence-electron chi connectivity index (χ0n) is 10.4. The molecule has 1 aromatic heterocycles. The van der Waals surface area contributed by atoms with Crippen LogP contribution < -0.4 is 0 Å². The normalized spacial score (nSPS) is 12.6. The van der Waals surface area contributed by atoms with Crippen LogP contribution in [-0.2, 0) is 6.42 Å². The number of aromatic nitrogens is 1. The molecule has 2 nitrogen and oxygen atoms in total. The van der Waals surface area contributed by atoms with Gasteiger partial charge in [-0.2, -0.15) is 11.8 Å². The van der Waals surface area contributed by atoms with Crippen molar-refractivity contribution in [2.45, 2.75) is 19.4 Å².